The van der Waals surface area contributed by atoms with Gasteiger partial charge in [-0.3, -0.25) is 0 Å². The van der Waals surface area contributed by atoms with Crippen molar-refractivity contribution < 1.29 is 4.74 Å². The van der Waals surface area contributed by atoms with Crippen LogP contribution in [0.5, 0.6) is 0 Å². The summed E-state index contributed by atoms with van der Waals surface area (Å²) in [5.74, 6) is 1.84. The molecule has 2 unspecified atom stereocenters. The molecule has 2 atom stereocenters. The van der Waals surface area contributed by atoms with Crippen molar-refractivity contribution in [3.8, 4) is 0 Å². The lowest BCUT2D eigenvalue weighted by molar-refractivity contribution is -0.0708. The zero-order valence-electron chi connectivity index (χ0n) is 12.2. The second-order valence-electron chi connectivity index (χ2n) is 7.22. The lowest BCUT2D eigenvalue weighted by atomic mass is 9.82. The molecule has 0 bridgehead atoms. The maximum atomic E-state index is 6.56. The van der Waals surface area contributed by atoms with Gasteiger partial charge in [-0.15, -0.1) is 0 Å². The molecular weight excluding hydrogens is 300 g/mol. The SMILES string of the molecule is BrCC(CC1CCC2(CCCCC2)O1)C1CCCC1. The summed E-state index contributed by atoms with van der Waals surface area (Å²) >= 11 is 3.77. The summed E-state index contributed by atoms with van der Waals surface area (Å²) in [6, 6.07) is 0. The number of hydrogen-bond donors (Lipinski definition) is 0. The molecule has 2 heteroatoms. The highest BCUT2D eigenvalue weighted by atomic mass is 79.9. The van der Waals surface area contributed by atoms with E-state index in [-0.39, 0.29) is 0 Å². The van der Waals surface area contributed by atoms with Crippen molar-refractivity contribution >= 4 is 15.9 Å². The Kier molecular flexibility index (Phi) is 4.90. The maximum Gasteiger partial charge on any atom is 0.0687 e. The Bertz CT molecular complexity index is 279. The molecule has 1 saturated heterocycles. The molecule has 1 heterocycles. The van der Waals surface area contributed by atoms with E-state index in [1.807, 2.05) is 0 Å². The fraction of sp³-hybridized carbons (Fsp3) is 1.00. The third-order valence-electron chi connectivity index (χ3n) is 5.93. The molecule has 110 valence electrons. The first-order chi connectivity index (χ1) is 9.31. The van der Waals surface area contributed by atoms with Crippen LogP contribution in [-0.2, 0) is 4.74 Å². The minimum atomic E-state index is 0.315. The molecule has 1 aliphatic heterocycles. The molecule has 0 amide bonds. The molecule has 0 radical (unpaired) electrons. The van der Waals surface area contributed by atoms with Crippen molar-refractivity contribution in [2.75, 3.05) is 5.33 Å². The average Bonchev–Trinajstić information content (AvgIpc) is 3.08. The van der Waals surface area contributed by atoms with Gasteiger partial charge in [0.15, 0.2) is 0 Å². The van der Waals surface area contributed by atoms with Crippen molar-refractivity contribution in [1.82, 2.24) is 0 Å². The van der Waals surface area contributed by atoms with Crippen LogP contribution >= 0.6 is 15.9 Å². The smallest absolute Gasteiger partial charge is 0.0687 e. The first-order valence-corrected chi connectivity index (χ1v) is 9.67. The molecule has 3 aliphatic rings. The summed E-state index contributed by atoms with van der Waals surface area (Å²) in [6.07, 6.45) is 17.3. The molecule has 2 aliphatic carbocycles. The Hall–Kier alpha value is 0.440. The molecule has 3 fully saturated rings. The summed E-state index contributed by atoms with van der Waals surface area (Å²) in [5.41, 5.74) is 0.315. The fourth-order valence-corrected chi connectivity index (χ4v) is 5.57. The van der Waals surface area contributed by atoms with Crippen LogP contribution in [0.25, 0.3) is 0 Å². The zero-order valence-corrected chi connectivity index (χ0v) is 13.8. The first kappa shape index (κ1) is 14.4. The molecule has 2 saturated carbocycles. The molecule has 1 nitrogen and oxygen atoms in total. The van der Waals surface area contributed by atoms with E-state index in [0.717, 1.165) is 11.8 Å². The molecule has 3 rings (SSSR count). The maximum absolute atomic E-state index is 6.56. The summed E-state index contributed by atoms with van der Waals surface area (Å²) < 4.78 is 6.56. The van der Waals surface area contributed by atoms with E-state index in [1.54, 1.807) is 0 Å². The van der Waals surface area contributed by atoms with Crippen LogP contribution in [-0.4, -0.2) is 17.0 Å². The highest BCUT2D eigenvalue weighted by molar-refractivity contribution is 9.09. The molecular formula is C17H29BrO. The predicted molar refractivity (Wildman–Crippen MR) is 83.8 cm³/mol. The lowest BCUT2D eigenvalue weighted by Crippen LogP contribution is -2.32. The minimum Gasteiger partial charge on any atom is -0.372 e. The van der Waals surface area contributed by atoms with E-state index < -0.39 is 0 Å². The standard InChI is InChI=1S/C17H29BrO/c18-13-15(14-6-2-3-7-14)12-16-8-11-17(19-16)9-4-1-5-10-17/h14-16H,1-13H2. The van der Waals surface area contributed by atoms with Crippen LogP contribution in [0.2, 0.25) is 0 Å². The molecule has 0 N–H and O–H groups in total. The molecule has 1 spiro atoms. The number of rotatable bonds is 4. The summed E-state index contributed by atoms with van der Waals surface area (Å²) in [5, 5.41) is 1.19. The Balaban J connectivity index is 1.52. The third-order valence-corrected chi connectivity index (χ3v) is 6.77. The highest BCUT2D eigenvalue weighted by Crippen LogP contribution is 2.44. The summed E-state index contributed by atoms with van der Waals surface area (Å²) in [6.45, 7) is 0. The number of halogens is 1. The van der Waals surface area contributed by atoms with E-state index in [9.17, 15) is 0 Å². The minimum absolute atomic E-state index is 0.315. The fourth-order valence-electron chi connectivity index (χ4n) is 4.77. The first-order valence-electron chi connectivity index (χ1n) is 8.55. The van der Waals surface area contributed by atoms with Crippen LogP contribution in [0, 0.1) is 11.8 Å². The van der Waals surface area contributed by atoms with Crippen LogP contribution < -0.4 is 0 Å². The third kappa shape index (κ3) is 3.37. The van der Waals surface area contributed by atoms with E-state index in [4.69, 9.17) is 4.74 Å². The van der Waals surface area contributed by atoms with Crippen molar-refractivity contribution in [3.05, 3.63) is 0 Å². The van der Waals surface area contributed by atoms with Crippen LogP contribution in [0.1, 0.15) is 77.0 Å². The Morgan fingerprint density at radius 2 is 1.68 bits per heavy atom. The second-order valence-corrected chi connectivity index (χ2v) is 7.86. The van der Waals surface area contributed by atoms with Crippen LogP contribution in [0.15, 0.2) is 0 Å². The van der Waals surface area contributed by atoms with Gasteiger partial charge >= 0.3 is 0 Å². The van der Waals surface area contributed by atoms with Crippen LogP contribution in [0.3, 0.4) is 0 Å². The van der Waals surface area contributed by atoms with E-state index in [2.05, 4.69) is 15.9 Å². The van der Waals surface area contributed by atoms with Crippen LogP contribution in [0.4, 0.5) is 0 Å². The molecule has 0 aromatic heterocycles. The summed E-state index contributed by atoms with van der Waals surface area (Å²) in [4.78, 5) is 0. The van der Waals surface area contributed by atoms with E-state index in [0.29, 0.717) is 11.7 Å². The van der Waals surface area contributed by atoms with Crippen molar-refractivity contribution in [1.29, 1.82) is 0 Å². The van der Waals surface area contributed by atoms with Gasteiger partial charge in [-0.05, 0) is 43.9 Å². The van der Waals surface area contributed by atoms with Crippen molar-refractivity contribution in [2.24, 2.45) is 11.8 Å². The van der Waals surface area contributed by atoms with Gasteiger partial charge in [-0.2, -0.15) is 0 Å². The topological polar surface area (TPSA) is 9.23 Å². The highest BCUT2D eigenvalue weighted by Gasteiger charge is 2.41. The Morgan fingerprint density at radius 3 is 2.37 bits per heavy atom. The summed E-state index contributed by atoms with van der Waals surface area (Å²) in [7, 11) is 0. The van der Waals surface area contributed by atoms with Gasteiger partial charge in [0.2, 0.25) is 0 Å². The number of hydrogen-bond acceptors (Lipinski definition) is 1. The quantitative estimate of drug-likeness (QED) is 0.622. The number of alkyl halides is 1. The largest absolute Gasteiger partial charge is 0.372 e. The van der Waals surface area contributed by atoms with Gasteiger partial charge in [0.1, 0.15) is 0 Å². The van der Waals surface area contributed by atoms with E-state index >= 15 is 0 Å². The van der Waals surface area contributed by atoms with E-state index in [1.165, 1.54) is 82.4 Å². The van der Waals surface area contributed by atoms with Gasteiger partial charge in [0.05, 0.1) is 11.7 Å². The van der Waals surface area contributed by atoms with Gasteiger partial charge in [-0.25, -0.2) is 0 Å². The van der Waals surface area contributed by atoms with Gasteiger partial charge in [0, 0.05) is 5.33 Å². The average molecular weight is 329 g/mol. The second kappa shape index (κ2) is 6.47. The molecule has 0 aromatic rings. The Labute approximate surface area is 127 Å². The van der Waals surface area contributed by atoms with Gasteiger partial charge < -0.3 is 4.74 Å². The van der Waals surface area contributed by atoms with Crippen molar-refractivity contribution in [3.63, 3.8) is 0 Å². The molecule has 0 aromatic carbocycles. The monoisotopic (exact) mass is 328 g/mol. The van der Waals surface area contributed by atoms with Gasteiger partial charge in [0.25, 0.3) is 0 Å². The Morgan fingerprint density at radius 1 is 0.947 bits per heavy atom. The predicted octanol–water partition coefficient (Wildman–Crippen LogP) is 5.46. The molecule has 19 heavy (non-hydrogen) atoms. The zero-order chi connectivity index (χ0) is 13.1. The number of ether oxygens (including phenoxy) is 1. The normalized spacial score (nSPS) is 33.0. The van der Waals surface area contributed by atoms with Gasteiger partial charge in [-0.1, -0.05) is 60.9 Å². The lowest BCUT2D eigenvalue weighted by Gasteiger charge is -2.34. The van der Waals surface area contributed by atoms with Crippen molar-refractivity contribution in [2.45, 2.75) is 88.8 Å².